The lowest BCUT2D eigenvalue weighted by atomic mass is 10.1. The van der Waals surface area contributed by atoms with Crippen molar-refractivity contribution in [2.75, 3.05) is 5.32 Å². The van der Waals surface area contributed by atoms with Crippen LogP contribution in [-0.2, 0) is 0 Å². The number of halogens is 1. The van der Waals surface area contributed by atoms with Gasteiger partial charge in [-0.2, -0.15) is 0 Å². The zero-order valence-corrected chi connectivity index (χ0v) is 13.8. The number of aromatic nitrogens is 1. The summed E-state index contributed by atoms with van der Waals surface area (Å²) in [6.45, 7) is 0. The van der Waals surface area contributed by atoms with E-state index in [1.807, 2.05) is 60.7 Å². The Morgan fingerprint density at radius 1 is 0.846 bits per heavy atom. The van der Waals surface area contributed by atoms with E-state index in [1.54, 1.807) is 0 Å². The van der Waals surface area contributed by atoms with Crippen molar-refractivity contribution in [1.82, 2.24) is 4.98 Å². The number of amides is 1. The Balaban J connectivity index is 1.61. The fourth-order valence-electron chi connectivity index (χ4n) is 2.79. The highest BCUT2D eigenvalue weighted by Gasteiger charge is 2.08. The highest BCUT2D eigenvalue weighted by atomic mass is 19.1. The van der Waals surface area contributed by atoms with Gasteiger partial charge in [0.15, 0.2) is 0 Å². The highest BCUT2D eigenvalue weighted by Crippen LogP contribution is 2.24. The number of fused-ring (bicyclic) bond motifs is 1. The number of carbonyl (C=O) groups excluding carboxylic acids is 1. The lowest BCUT2D eigenvalue weighted by Crippen LogP contribution is -2.11. The van der Waals surface area contributed by atoms with Gasteiger partial charge >= 0.3 is 0 Å². The smallest absolute Gasteiger partial charge is 0.255 e. The van der Waals surface area contributed by atoms with Gasteiger partial charge in [-0.05, 0) is 48.5 Å². The molecule has 0 aliphatic heterocycles. The Morgan fingerprint density at radius 3 is 2.50 bits per heavy atom. The molecule has 0 radical (unpaired) electrons. The summed E-state index contributed by atoms with van der Waals surface area (Å²) >= 11 is 0. The third kappa shape index (κ3) is 3.30. The molecule has 1 N–H and O–H groups in total. The summed E-state index contributed by atoms with van der Waals surface area (Å²) in [5, 5.41) is 3.92. The molecule has 3 nitrogen and oxygen atoms in total. The van der Waals surface area contributed by atoms with Crippen molar-refractivity contribution in [1.29, 1.82) is 0 Å². The molecule has 1 aromatic heterocycles. The maximum absolute atomic E-state index is 13.0. The molecule has 1 amide bonds. The fourth-order valence-corrected chi connectivity index (χ4v) is 2.79. The summed E-state index contributed by atoms with van der Waals surface area (Å²) in [7, 11) is 0. The monoisotopic (exact) mass is 342 g/mol. The molecule has 0 saturated heterocycles. The Kier molecular flexibility index (Phi) is 4.15. The third-order valence-electron chi connectivity index (χ3n) is 4.12. The van der Waals surface area contributed by atoms with Crippen molar-refractivity contribution >= 4 is 22.5 Å². The van der Waals surface area contributed by atoms with Crippen LogP contribution in [0.3, 0.4) is 0 Å². The number of rotatable bonds is 3. The number of pyridine rings is 1. The van der Waals surface area contributed by atoms with Crippen molar-refractivity contribution < 1.29 is 9.18 Å². The molecule has 0 aliphatic rings. The van der Waals surface area contributed by atoms with Gasteiger partial charge in [-0.1, -0.05) is 36.4 Å². The van der Waals surface area contributed by atoms with Crippen LogP contribution in [0.25, 0.3) is 22.2 Å². The molecule has 0 fully saturated rings. The van der Waals surface area contributed by atoms with Gasteiger partial charge in [0.2, 0.25) is 0 Å². The number of hydrogen-bond donors (Lipinski definition) is 1. The van der Waals surface area contributed by atoms with Gasteiger partial charge in [0.1, 0.15) is 5.82 Å². The van der Waals surface area contributed by atoms with E-state index in [0.29, 0.717) is 11.3 Å². The summed E-state index contributed by atoms with van der Waals surface area (Å²) in [4.78, 5) is 17.0. The maximum Gasteiger partial charge on any atom is 0.255 e. The van der Waals surface area contributed by atoms with E-state index in [-0.39, 0.29) is 11.7 Å². The van der Waals surface area contributed by atoms with Crippen molar-refractivity contribution in [3.8, 4) is 11.3 Å². The lowest BCUT2D eigenvalue weighted by Gasteiger charge is -2.08. The molecule has 3 aromatic carbocycles. The van der Waals surface area contributed by atoms with Gasteiger partial charge < -0.3 is 5.32 Å². The molecule has 0 unspecified atom stereocenters. The Morgan fingerprint density at radius 2 is 1.65 bits per heavy atom. The van der Waals surface area contributed by atoms with Crippen LogP contribution in [0.1, 0.15) is 10.4 Å². The molecule has 4 heteroatoms. The quantitative estimate of drug-likeness (QED) is 0.549. The van der Waals surface area contributed by atoms with Crippen LogP contribution in [0.2, 0.25) is 0 Å². The van der Waals surface area contributed by atoms with Gasteiger partial charge in [-0.25, -0.2) is 9.37 Å². The molecule has 0 spiro atoms. The number of hydrogen-bond acceptors (Lipinski definition) is 2. The molecule has 126 valence electrons. The summed E-state index contributed by atoms with van der Waals surface area (Å²) in [5.41, 5.74) is 3.73. The second-order valence-electron chi connectivity index (χ2n) is 5.93. The number of para-hydroxylation sites is 1. The lowest BCUT2D eigenvalue weighted by molar-refractivity contribution is 0.102. The minimum Gasteiger partial charge on any atom is -0.322 e. The van der Waals surface area contributed by atoms with Gasteiger partial charge in [-0.3, -0.25) is 4.79 Å². The van der Waals surface area contributed by atoms with E-state index in [4.69, 9.17) is 0 Å². The van der Waals surface area contributed by atoms with Crippen LogP contribution in [0.5, 0.6) is 0 Å². The molecule has 4 rings (SSSR count). The molecule has 0 saturated carbocycles. The van der Waals surface area contributed by atoms with Gasteiger partial charge in [0.25, 0.3) is 5.91 Å². The predicted octanol–water partition coefficient (Wildman–Crippen LogP) is 5.29. The molecule has 26 heavy (non-hydrogen) atoms. The summed E-state index contributed by atoms with van der Waals surface area (Å²) < 4.78 is 13.0. The second kappa shape index (κ2) is 6.76. The first kappa shape index (κ1) is 16.0. The largest absolute Gasteiger partial charge is 0.322 e. The molecule has 0 aliphatic carbocycles. The van der Waals surface area contributed by atoms with E-state index >= 15 is 0 Å². The molecular weight excluding hydrogens is 327 g/mol. The van der Waals surface area contributed by atoms with Crippen LogP contribution >= 0.6 is 0 Å². The van der Waals surface area contributed by atoms with Gasteiger partial charge in [-0.15, -0.1) is 0 Å². The standard InChI is InChI=1S/C22H15FN2O/c23-18-11-8-16(9-12-18)22(26)24-19-6-3-5-17(14-19)21-13-10-15-4-1-2-7-20(15)25-21/h1-14H,(H,24,26). The fraction of sp³-hybridized carbons (Fsp3) is 0. The van der Waals surface area contributed by atoms with Crippen molar-refractivity contribution in [3.05, 3.63) is 96.3 Å². The van der Waals surface area contributed by atoms with E-state index in [9.17, 15) is 9.18 Å². The number of benzene rings is 3. The van der Waals surface area contributed by atoms with Crippen LogP contribution in [-0.4, -0.2) is 10.9 Å². The predicted molar refractivity (Wildman–Crippen MR) is 102 cm³/mol. The van der Waals surface area contributed by atoms with Crippen molar-refractivity contribution in [3.63, 3.8) is 0 Å². The first-order chi connectivity index (χ1) is 12.7. The number of anilines is 1. The highest BCUT2D eigenvalue weighted by molar-refractivity contribution is 6.04. The average Bonchev–Trinajstić information content (AvgIpc) is 2.68. The van der Waals surface area contributed by atoms with Crippen LogP contribution in [0, 0.1) is 5.82 Å². The van der Waals surface area contributed by atoms with Crippen LogP contribution in [0.15, 0.2) is 84.9 Å². The second-order valence-corrected chi connectivity index (χ2v) is 5.93. The van der Waals surface area contributed by atoms with E-state index in [0.717, 1.165) is 22.2 Å². The van der Waals surface area contributed by atoms with E-state index < -0.39 is 0 Å². The van der Waals surface area contributed by atoms with Crippen LogP contribution < -0.4 is 5.32 Å². The molecule has 4 aromatic rings. The van der Waals surface area contributed by atoms with E-state index in [1.165, 1.54) is 24.3 Å². The number of carbonyl (C=O) groups is 1. The number of nitrogens with one attached hydrogen (secondary N) is 1. The first-order valence-corrected chi connectivity index (χ1v) is 8.22. The zero-order valence-electron chi connectivity index (χ0n) is 13.8. The average molecular weight is 342 g/mol. The molecule has 0 bridgehead atoms. The number of nitrogens with zero attached hydrogens (tertiary/aromatic N) is 1. The topological polar surface area (TPSA) is 42.0 Å². The molecular formula is C22H15FN2O. The zero-order chi connectivity index (χ0) is 17.9. The SMILES string of the molecule is O=C(Nc1cccc(-c2ccc3ccccc3n2)c1)c1ccc(F)cc1. The van der Waals surface area contributed by atoms with E-state index in [2.05, 4.69) is 10.3 Å². The van der Waals surface area contributed by atoms with Gasteiger partial charge in [0.05, 0.1) is 11.2 Å². The third-order valence-corrected chi connectivity index (χ3v) is 4.12. The van der Waals surface area contributed by atoms with Crippen molar-refractivity contribution in [2.45, 2.75) is 0 Å². The minimum absolute atomic E-state index is 0.284. The first-order valence-electron chi connectivity index (χ1n) is 8.22. The maximum atomic E-state index is 13.0. The van der Waals surface area contributed by atoms with Gasteiger partial charge in [0, 0.05) is 22.2 Å². The molecule has 1 heterocycles. The Labute approximate surface area is 150 Å². The summed E-state index contributed by atoms with van der Waals surface area (Å²) in [6.07, 6.45) is 0. The summed E-state index contributed by atoms with van der Waals surface area (Å²) in [5.74, 6) is -0.653. The van der Waals surface area contributed by atoms with Crippen molar-refractivity contribution in [2.24, 2.45) is 0 Å². The molecule has 0 atom stereocenters. The Hall–Kier alpha value is -3.53. The minimum atomic E-state index is -0.370. The summed E-state index contributed by atoms with van der Waals surface area (Å²) in [6, 6.07) is 24.9. The van der Waals surface area contributed by atoms with Crippen LogP contribution in [0.4, 0.5) is 10.1 Å². The Bertz CT molecular complexity index is 1090. The normalized spacial score (nSPS) is 10.7.